The van der Waals surface area contributed by atoms with Gasteiger partial charge in [0.15, 0.2) is 29.6 Å². The molecule has 1 saturated heterocycles. The van der Waals surface area contributed by atoms with Crippen molar-refractivity contribution < 1.29 is 42.5 Å². The van der Waals surface area contributed by atoms with E-state index in [-0.39, 0.29) is 55.9 Å². The van der Waals surface area contributed by atoms with Gasteiger partial charge in [-0.25, -0.2) is 4.39 Å². The van der Waals surface area contributed by atoms with E-state index in [0.717, 1.165) is 5.56 Å². The average Bonchev–Trinajstić information content (AvgIpc) is 3.49. The third kappa shape index (κ3) is 6.64. The first-order valence-electron chi connectivity index (χ1n) is 14.4. The molecule has 0 aliphatic carbocycles. The van der Waals surface area contributed by atoms with Crippen molar-refractivity contribution in [2.45, 2.75) is 38.0 Å². The molecule has 0 unspecified atom stereocenters. The molecule has 0 aromatic heterocycles. The molecule has 44 heavy (non-hydrogen) atoms. The Labute approximate surface area is 253 Å². The predicted octanol–water partition coefficient (Wildman–Crippen LogP) is 2.98. The van der Waals surface area contributed by atoms with Crippen LogP contribution in [0.2, 0.25) is 0 Å². The van der Waals surface area contributed by atoms with Crippen LogP contribution in [0.25, 0.3) is 0 Å². The van der Waals surface area contributed by atoms with E-state index >= 15 is 0 Å². The molecule has 12 heteroatoms. The van der Waals surface area contributed by atoms with Crippen LogP contribution in [-0.4, -0.2) is 68.4 Å². The molecular weight excluding hydrogens is 573 g/mol. The van der Waals surface area contributed by atoms with Gasteiger partial charge in [0, 0.05) is 44.1 Å². The smallest absolute Gasteiger partial charge is 0.258 e. The molecule has 230 valence electrons. The molecule has 0 spiro atoms. The Hall–Kier alpha value is -5.00. The number of rotatable bonds is 4. The van der Waals surface area contributed by atoms with Crippen molar-refractivity contribution >= 4 is 17.7 Å². The molecule has 3 aromatic rings. The van der Waals surface area contributed by atoms with E-state index in [0.29, 0.717) is 42.2 Å². The maximum Gasteiger partial charge on any atom is 0.258 e. The Morgan fingerprint density at radius 3 is 2.75 bits per heavy atom. The molecule has 2 atom stereocenters. The summed E-state index contributed by atoms with van der Waals surface area (Å²) in [5.41, 5.74) is 1.72. The first-order chi connectivity index (χ1) is 21.3. The van der Waals surface area contributed by atoms with E-state index in [2.05, 4.69) is 10.6 Å². The number of methoxy groups -OCH3 is 1. The van der Waals surface area contributed by atoms with Crippen LogP contribution in [0.3, 0.4) is 0 Å². The van der Waals surface area contributed by atoms with Crippen molar-refractivity contribution in [3.8, 4) is 28.7 Å². The van der Waals surface area contributed by atoms with Crippen molar-refractivity contribution in [2.75, 3.05) is 33.6 Å². The fraction of sp³-hybridized carbons (Fsp3) is 0.344. The van der Waals surface area contributed by atoms with Crippen LogP contribution in [0.1, 0.15) is 34.3 Å². The number of carbonyl (C=O) groups excluding carboxylic acids is 3. The SMILES string of the molecule is COc1ccc2cc1OCC(=O)NCc1cc(F)cc(c1)O[C@@H]1CCN(C(=O)CCc3ccc4c(c3)OCO4)C[C@@H]1NC2=O. The molecule has 3 aromatic carbocycles. The zero-order valence-electron chi connectivity index (χ0n) is 24.1. The van der Waals surface area contributed by atoms with E-state index in [4.69, 9.17) is 23.7 Å². The number of fused-ring (bicyclic) bond motifs is 6. The van der Waals surface area contributed by atoms with E-state index < -0.39 is 29.8 Å². The number of halogens is 1. The van der Waals surface area contributed by atoms with Crippen LogP contribution in [0.15, 0.2) is 54.6 Å². The van der Waals surface area contributed by atoms with Crippen LogP contribution in [0.4, 0.5) is 4.39 Å². The highest BCUT2D eigenvalue weighted by molar-refractivity contribution is 5.95. The second kappa shape index (κ2) is 12.7. The minimum atomic E-state index is -0.600. The molecule has 3 amide bonds. The third-order valence-electron chi connectivity index (χ3n) is 7.78. The summed E-state index contributed by atoms with van der Waals surface area (Å²) < 4.78 is 42.6. The molecule has 11 nitrogen and oxygen atoms in total. The highest BCUT2D eigenvalue weighted by atomic mass is 19.1. The lowest BCUT2D eigenvalue weighted by atomic mass is 9.99. The van der Waals surface area contributed by atoms with Crippen LogP contribution in [0, 0.1) is 5.82 Å². The number of carbonyl (C=O) groups is 3. The van der Waals surface area contributed by atoms with E-state index in [1.54, 1.807) is 23.1 Å². The van der Waals surface area contributed by atoms with Crippen molar-refractivity contribution in [3.05, 3.63) is 77.1 Å². The fourth-order valence-electron chi connectivity index (χ4n) is 5.49. The molecule has 2 N–H and O–H groups in total. The Bertz CT molecular complexity index is 1580. The van der Waals surface area contributed by atoms with Gasteiger partial charge in [-0.1, -0.05) is 6.07 Å². The highest BCUT2D eigenvalue weighted by Crippen LogP contribution is 2.33. The van der Waals surface area contributed by atoms with Gasteiger partial charge in [-0.2, -0.15) is 0 Å². The van der Waals surface area contributed by atoms with Gasteiger partial charge in [0.05, 0.1) is 13.2 Å². The second-order valence-corrected chi connectivity index (χ2v) is 10.8. The highest BCUT2D eigenvalue weighted by Gasteiger charge is 2.34. The van der Waals surface area contributed by atoms with Crippen LogP contribution < -0.4 is 34.3 Å². The number of nitrogens with zero attached hydrogens (tertiary/aromatic N) is 1. The van der Waals surface area contributed by atoms with Gasteiger partial charge in [-0.15, -0.1) is 0 Å². The Morgan fingerprint density at radius 2 is 1.89 bits per heavy atom. The number of likely N-dealkylation sites (tertiary alicyclic amines) is 1. The Balaban J connectivity index is 1.22. The molecule has 3 heterocycles. The zero-order chi connectivity index (χ0) is 30.6. The van der Waals surface area contributed by atoms with Gasteiger partial charge >= 0.3 is 0 Å². The molecule has 4 bridgehead atoms. The predicted molar refractivity (Wildman–Crippen MR) is 154 cm³/mol. The maximum absolute atomic E-state index is 14.5. The number of benzene rings is 3. The summed E-state index contributed by atoms with van der Waals surface area (Å²) in [7, 11) is 1.46. The lowest BCUT2D eigenvalue weighted by Crippen LogP contribution is -2.58. The number of hydrogen-bond acceptors (Lipinski definition) is 8. The van der Waals surface area contributed by atoms with E-state index in [1.807, 2.05) is 18.2 Å². The van der Waals surface area contributed by atoms with Gasteiger partial charge in [-0.3, -0.25) is 14.4 Å². The van der Waals surface area contributed by atoms with Crippen molar-refractivity contribution in [2.24, 2.45) is 0 Å². The van der Waals surface area contributed by atoms with Gasteiger partial charge in [0.2, 0.25) is 12.7 Å². The molecular formula is C32H32FN3O8. The van der Waals surface area contributed by atoms with E-state index in [1.165, 1.54) is 25.3 Å². The number of ether oxygens (including phenoxy) is 5. The summed E-state index contributed by atoms with van der Waals surface area (Å²) in [6.07, 6.45) is 0.632. The first-order valence-corrected chi connectivity index (χ1v) is 14.4. The summed E-state index contributed by atoms with van der Waals surface area (Å²) in [4.78, 5) is 40.9. The van der Waals surface area contributed by atoms with Crippen LogP contribution in [0.5, 0.6) is 28.7 Å². The summed E-state index contributed by atoms with van der Waals surface area (Å²) in [6.45, 7) is 0.502. The summed E-state index contributed by atoms with van der Waals surface area (Å²) in [5, 5.41) is 5.71. The topological polar surface area (TPSA) is 125 Å². The van der Waals surface area contributed by atoms with Crippen molar-refractivity contribution in [3.63, 3.8) is 0 Å². The minimum absolute atomic E-state index is 0.0595. The standard InChI is InChI=1S/C32H32FN3O8/c1-40-26-6-4-21-13-29(26)41-17-30(37)34-15-20-10-22(33)14-23(11-20)44-25-8-9-36(16-24(25)35-32(21)39)31(38)7-3-19-2-5-27-28(12-19)43-18-42-27/h2,4-6,10-14,24-25H,3,7-9,15-18H2,1H3,(H,34,37)(H,35,39)/t24-,25+/m0/s1. The molecule has 0 saturated carbocycles. The summed E-state index contributed by atoms with van der Waals surface area (Å²) >= 11 is 0. The average molecular weight is 606 g/mol. The Morgan fingerprint density at radius 1 is 1.02 bits per heavy atom. The summed E-state index contributed by atoms with van der Waals surface area (Å²) in [5.74, 6) is 0.720. The van der Waals surface area contributed by atoms with Crippen LogP contribution in [-0.2, 0) is 22.6 Å². The number of aryl methyl sites for hydroxylation is 1. The fourth-order valence-corrected chi connectivity index (χ4v) is 5.49. The minimum Gasteiger partial charge on any atom is -0.493 e. The molecule has 3 aliphatic rings. The van der Waals surface area contributed by atoms with Gasteiger partial charge in [0.1, 0.15) is 17.7 Å². The van der Waals surface area contributed by atoms with Crippen molar-refractivity contribution in [1.29, 1.82) is 0 Å². The lowest BCUT2D eigenvalue weighted by molar-refractivity contribution is -0.133. The normalized spacial score (nSPS) is 19.5. The zero-order valence-corrected chi connectivity index (χ0v) is 24.1. The monoisotopic (exact) mass is 605 g/mol. The maximum atomic E-state index is 14.5. The third-order valence-corrected chi connectivity index (χ3v) is 7.78. The van der Waals surface area contributed by atoms with Gasteiger partial charge < -0.3 is 39.2 Å². The van der Waals surface area contributed by atoms with Crippen LogP contribution >= 0.6 is 0 Å². The largest absolute Gasteiger partial charge is 0.493 e. The Kier molecular flexibility index (Phi) is 8.40. The molecule has 6 rings (SSSR count). The molecule has 3 aliphatic heterocycles. The van der Waals surface area contributed by atoms with Gasteiger partial charge in [-0.05, 0) is 60.0 Å². The number of hydrogen-bond donors (Lipinski definition) is 2. The lowest BCUT2D eigenvalue weighted by Gasteiger charge is -2.39. The first kappa shape index (κ1) is 29.1. The molecule has 1 fully saturated rings. The number of amides is 3. The molecule has 0 radical (unpaired) electrons. The van der Waals surface area contributed by atoms with Gasteiger partial charge in [0.25, 0.3) is 11.8 Å². The number of piperidine rings is 1. The van der Waals surface area contributed by atoms with Crippen molar-refractivity contribution in [1.82, 2.24) is 15.5 Å². The number of nitrogens with one attached hydrogen (secondary N) is 2. The summed E-state index contributed by atoms with van der Waals surface area (Å²) in [6, 6.07) is 13.9. The van der Waals surface area contributed by atoms with E-state index in [9.17, 15) is 18.8 Å². The second-order valence-electron chi connectivity index (χ2n) is 10.8. The quantitative estimate of drug-likeness (QED) is 0.465.